The molecular formula is C21H17F4N5. The predicted molar refractivity (Wildman–Crippen MR) is 102 cm³/mol. The molecule has 0 radical (unpaired) electrons. The van der Waals surface area contributed by atoms with Gasteiger partial charge in [0.05, 0.1) is 11.3 Å². The zero-order valence-electron chi connectivity index (χ0n) is 16.0. The number of hydrogen-bond acceptors (Lipinski definition) is 4. The molecule has 0 atom stereocenters. The van der Waals surface area contributed by atoms with E-state index in [1.54, 1.807) is 18.3 Å². The van der Waals surface area contributed by atoms with Gasteiger partial charge in [0, 0.05) is 41.7 Å². The second-order valence-corrected chi connectivity index (χ2v) is 6.96. The van der Waals surface area contributed by atoms with Crippen LogP contribution in [0.15, 0.2) is 43.1 Å². The van der Waals surface area contributed by atoms with Crippen LogP contribution in [0.5, 0.6) is 0 Å². The van der Waals surface area contributed by atoms with Gasteiger partial charge in [-0.25, -0.2) is 15.0 Å². The molecule has 4 heterocycles. The van der Waals surface area contributed by atoms with Crippen molar-refractivity contribution in [3.05, 3.63) is 82.7 Å². The highest BCUT2D eigenvalue weighted by atomic mass is 19.4. The third-order valence-electron chi connectivity index (χ3n) is 4.97. The molecule has 0 saturated heterocycles. The van der Waals surface area contributed by atoms with Gasteiger partial charge in [-0.05, 0) is 43.0 Å². The quantitative estimate of drug-likeness (QED) is 0.382. The third-order valence-corrected chi connectivity index (χ3v) is 4.97. The van der Waals surface area contributed by atoms with Crippen LogP contribution in [0.25, 0.3) is 11.0 Å². The van der Waals surface area contributed by atoms with E-state index in [9.17, 15) is 17.6 Å². The first-order valence-corrected chi connectivity index (χ1v) is 9.25. The molecule has 0 aliphatic carbocycles. The molecule has 0 unspecified atom stereocenters. The van der Waals surface area contributed by atoms with E-state index in [1.807, 2.05) is 6.92 Å². The summed E-state index contributed by atoms with van der Waals surface area (Å²) in [6.07, 6.45) is 1.60. The lowest BCUT2D eigenvalue weighted by atomic mass is 10.0. The Balaban J connectivity index is 1.52. The molecule has 0 saturated carbocycles. The van der Waals surface area contributed by atoms with Gasteiger partial charge < -0.3 is 4.98 Å². The normalized spacial score (nSPS) is 11.9. The summed E-state index contributed by atoms with van der Waals surface area (Å²) in [7, 11) is 0. The van der Waals surface area contributed by atoms with Crippen molar-refractivity contribution >= 4 is 11.0 Å². The number of nitrogens with zero attached hydrogens (tertiary/aromatic N) is 4. The van der Waals surface area contributed by atoms with Gasteiger partial charge in [0.25, 0.3) is 0 Å². The molecular weight excluding hydrogens is 398 g/mol. The first-order valence-electron chi connectivity index (χ1n) is 9.25. The lowest BCUT2D eigenvalue weighted by molar-refractivity contribution is -0.138. The van der Waals surface area contributed by atoms with Gasteiger partial charge in [-0.1, -0.05) is 6.07 Å². The second kappa shape index (κ2) is 7.81. The van der Waals surface area contributed by atoms with Crippen molar-refractivity contribution < 1.29 is 17.6 Å². The highest BCUT2D eigenvalue weighted by Crippen LogP contribution is 2.32. The zero-order valence-corrected chi connectivity index (χ0v) is 16.0. The first kappa shape index (κ1) is 19.9. The van der Waals surface area contributed by atoms with E-state index in [0.717, 1.165) is 28.9 Å². The number of aromatic nitrogens is 5. The van der Waals surface area contributed by atoms with Crippen LogP contribution in [0, 0.1) is 12.9 Å². The number of H-pyrrole nitrogens is 1. The average Bonchev–Trinajstić information content (AvgIpc) is 3.12. The number of hydrogen-bond donors (Lipinski definition) is 1. The Labute approximate surface area is 169 Å². The van der Waals surface area contributed by atoms with Gasteiger partial charge >= 0.3 is 6.18 Å². The number of fused-ring (bicyclic) bond motifs is 1. The van der Waals surface area contributed by atoms with Crippen molar-refractivity contribution in [3.63, 3.8) is 0 Å². The van der Waals surface area contributed by atoms with Crippen molar-refractivity contribution in [1.29, 1.82) is 0 Å². The Kier molecular flexibility index (Phi) is 5.19. The smallest absolute Gasteiger partial charge is 0.346 e. The lowest BCUT2D eigenvalue weighted by Crippen LogP contribution is -2.10. The molecule has 0 bridgehead atoms. The van der Waals surface area contributed by atoms with Crippen LogP contribution in [0.4, 0.5) is 17.6 Å². The Morgan fingerprint density at radius 1 is 1.00 bits per heavy atom. The van der Waals surface area contributed by atoms with Crippen molar-refractivity contribution in [2.24, 2.45) is 0 Å². The minimum atomic E-state index is -4.46. The summed E-state index contributed by atoms with van der Waals surface area (Å²) in [6, 6.07) is 4.20. The summed E-state index contributed by atoms with van der Waals surface area (Å²) >= 11 is 0. The van der Waals surface area contributed by atoms with Crippen LogP contribution in [0.3, 0.4) is 0 Å². The van der Waals surface area contributed by atoms with Gasteiger partial charge in [-0.2, -0.15) is 17.6 Å². The Morgan fingerprint density at radius 3 is 2.60 bits per heavy atom. The maximum Gasteiger partial charge on any atom is 0.416 e. The first-order chi connectivity index (χ1) is 14.3. The maximum atomic E-state index is 14.6. The molecule has 9 heteroatoms. The molecule has 5 nitrogen and oxygen atoms in total. The van der Waals surface area contributed by atoms with Crippen molar-refractivity contribution in [2.75, 3.05) is 0 Å². The fraction of sp³-hybridized carbons (Fsp3) is 0.238. The number of nitrogens with one attached hydrogen (secondary N) is 1. The van der Waals surface area contributed by atoms with Crippen molar-refractivity contribution in [3.8, 4) is 0 Å². The Hall–Kier alpha value is -3.36. The van der Waals surface area contributed by atoms with Crippen molar-refractivity contribution in [2.45, 2.75) is 32.4 Å². The minimum absolute atomic E-state index is 0.0607. The standard InChI is InChI=1S/C21H17F4N5/c1-12-18-15(10-27-20(18)29-11-28-12)8-13-2-4-16(30-19(13)22)5-3-14-9-26-7-6-17(14)21(23,24)25/h2,4,6-7,9-11H,3,5,8H2,1H3,(H,27,28,29). The number of aryl methyl sites for hydroxylation is 3. The van der Waals surface area contributed by atoms with Gasteiger partial charge in [-0.15, -0.1) is 0 Å². The van der Waals surface area contributed by atoms with Crippen LogP contribution in [0.2, 0.25) is 0 Å². The maximum absolute atomic E-state index is 14.6. The Morgan fingerprint density at radius 2 is 1.83 bits per heavy atom. The SMILES string of the molecule is Cc1ncnc2[nH]cc(Cc3ccc(CCc4cnccc4C(F)(F)F)nc3F)c12. The molecule has 0 aliphatic heterocycles. The molecule has 30 heavy (non-hydrogen) atoms. The van der Waals surface area contributed by atoms with E-state index in [0.29, 0.717) is 23.3 Å². The number of halogens is 4. The number of alkyl halides is 3. The molecule has 4 aromatic rings. The summed E-state index contributed by atoms with van der Waals surface area (Å²) in [5, 5.41) is 0.845. The van der Waals surface area contributed by atoms with Gasteiger partial charge in [0.15, 0.2) is 0 Å². The highest BCUT2D eigenvalue weighted by molar-refractivity contribution is 5.82. The molecule has 0 spiro atoms. The van der Waals surface area contributed by atoms with E-state index in [1.165, 1.54) is 12.5 Å². The minimum Gasteiger partial charge on any atom is -0.346 e. The summed E-state index contributed by atoms with van der Waals surface area (Å²) < 4.78 is 53.9. The largest absolute Gasteiger partial charge is 0.416 e. The summed E-state index contributed by atoms with van der Waals surface area (Å²) in [6.45, 7) is 1.85. The van der Waals surface area contributed by atoms with Crippen LogP contribution in [-0.4, -0.2) is 24.9 Å². The fourth-order valence-electron chi connectivity index (χ4n) is 3.48. The monoisotopic (exact) mass is 415 g/mol. The van der Waals surface area contributed by atoms with E-state index >= 15 is 0 Å². The van der Waals surface area contributed by atoms with Gasteiger partial charge in [-0.3, -0.25) is 4.98 Å². The summed E-state index contributed by atoms with van der Waals surface area (Å²) in [4.78, 5) is 19.1. The lowest BCUT2D eigenvalue weighted by Gasteiger charge is -2.12. The van der Waals surface area contributed by atoms with E-state index < -0.39 is 17.7 Å². The number of aromatic amines is 1. The van der Waals surface area contributed by atoms with Crippen molar-refractivity contribution in [1.82, 2.24) is 24.9 Å². The van der Waals surface area contributed by atoms with E-state index in [-0.39, 0.29) is 18.4 Å². The van der Waals surface area contributed by atoms with E-state index in [4.69, 9.17) is 0 Å². The zero-order chi connectivity index (χ0) is 21.3. The van der Waals surface area contributed by atoms with Crippen LogP contribution >= 0.6 is 0 Å². The molecule has 0 amide bonds. The fourth-order valence-corrected chi connectivity index (χ4v) is 3.48. The highest BCUT2D eigenvalue weighted by Gasteiger charge is 2.33. The average molecular weight is 415 g/mol. The molecule has 1 N–H and O–H groups in total. The Bertz CT molecular complexity index is 1200. The molecule has 154 valence electrons. The topological polar surface area (TPSA) is 67.3 Å². The van der Waals surface area contributed by atoms with Crippen LogP contribution in [0.1, 0.15) is 33.6 Å². The van der Waals surface area contributed by atoms with Gasteiger partial charge in [0.2, 0.25) is 5.95 Å². The van der Waals surface area contributed by atoms with Crippen LogP contribution < -0.4 is 0 Å². The van der Waals surface area contributed by atoms with Crippen LogP contribution in [-0.2, 0) is 25.4 Å². The summed E-state index contributed by atoms with van der Waals surface area (Å²) in [5.41, 5.74) is 2.42. The van der Waals surface area contributed by atoms with Gasteiger partial charge in [0.1, 0.15) is 12.0 Å². The number of pyridine rings is 2. The molecule has 0 fully saturated rings. The number of rotatable bonds is 5. The summed E-state index contributed by atoms with van der Waals surface area (Å²) in [5.74, 6) is -0.640. The third kappa shape index (κ3) is 4.00. The second-order valence-electron chi connectivity index (χ2n) is 6.96. The molecule has 0 aromatic carbocycles. The molecule has 0 aliphatic rings. The molecule has 4 rings (SSSR count). The predicted octanol–water partition coefficient (Wildman–Crippen LogP) is 4.59. The van der Waals surface area contributed by atoms with E-state index in [2.05, 4.69) is 24.9 Å². The molecule has 4 aromatic heterocycles.